The third-order valence-corrected chi connectivity index (χ3v) is 3.47. The molecule has 0 radical (unpaired) electrons. The van der Waals surface area contributed by atoms with Crippen LogP contribution in [0.5, 0.6) is 5.75 Å². The molecule has 0 bridgehead atoms. The number of benzene rings is 2. The Morgan fingerprint density at radius 1 is 1.00 bits per heavy atom. The van der Waals surface area contributed by atoms with Crippen molar-refractivity contribution in [1.82, 2.24) is 0 Å². The highest BCUT2D eigenvalue weighted by molar-refractivity contribution is 6.42. The van der Waals surface area contributed by atoms with Gasteiger partial charge in [0.1, 0.15) is 5.75 Å². The number of carbonyl (C=O) groups is 2. The first-order valence-electron chi connectivity index (χ1n) is 6.69. The normalized spacial score (nSPS) is 10.0. The number of hydrogen-bond donors (Lipinski definition) is 2. The van der Waals surface area contributed by atoms with E-state index >= 15 is 0 Å². The van der Waals surface area contributed by atoms with E-state index in [4.69, 9.17) is 27.9 Å². The Morgan fingerprint density at radius 3 is 2.43 bits per heavy atom. The van der Waals surface area contributed by atoms with Crippen molar-refractivity contribution in [3.05, 3.63) is 52.5 Å². The predicted octanol–water partition coefficient (Wildman–Crippen LogP) is 3.97. The quantitative estimate of drug-likeness (QED) is 0.855. The molecule has 23 heavy (non-hydrogen) atoms. The molecule has 2 aromatic carbocycles. The lowest BCUT2D eigenvalue weighted by molar-refractivity contribution is -0.118. The zero-order valence-corrected chi connectivity index (χ0v) is 13.7. The maximum absolute atomic E-state index is 11.9. The Labute approximate surface area is 143 Å². The molecule has 0 saturated carbocycles. The minimum absolute atomic E-state index is 0.177. The lowest BCUT2D eigenvalue weighted by atomic mass is 10.3. The number of hydrogen-bond acceptors (Lipinski definition) is 3. The fourth-order valence-corrected chi connectivity index (χ4v) is 2.08. The molecular weight excluding hydrogens is 339 g/mol. The first-order chi connectivity index (χ1) is 10.9. The van der Waals surface area contributed by atoms with E-state index in [1.54, 1.807) is 42.5 Å². The van der Waals surface area contributed by atoms with Crippen molar-refractivity contribution in [3.63, 3.8) is 0 Å². The van der Waals surface area contributed by atoms with Gasteiger partial charge in [-0.25, -0.2) is 0 Å². The van der Waals surface area contributed by atoms with Crippen molar-refractivity contribution < 1.29 is 14.3 Å². The van der Waals surface area contributed by atoms with Gasteiger partial charge in [0, 0.05) is 24.4 Å². The van der Waals surface area contributed by atoms with E-state index in [2.05, 4.69) is 10.6 Å². The molecule has 0 heterocycles. The summed E-state index contributed by atoms with van der Waals surface area (Å²) in [6, 6.07) is 11.6. The average Bonchev–Trinajstić information content (AvgIpc) is 2.49. The van der Waals surface area contributed by atoms with E-state index < -0.39 is 0 Å². The van der Waals surface area contributed by atoms with Gasteiger partial charge < -0.3 is 15.4 Å². The van der Waals surface area contributed by atoms with Crippen molar-refractivity contribution in [2.24, 2.45) is 0 Å². The first-order valence-corrected chi connectivity index (χ1v) is 7.45. The van der Waals surface area contributed by atoms with Gasteiger partial charge >= 0.3 is 0 Å². The number of carbonyl (C=O) groups excluding carboxylic acids is 2. The summed E-state index contributed by atoms with van der Waals surface area (Å²) in [6.07, 6.45) is 0. The van der Waals surface area contributed by atoms with E-state index in [-0.39, 0.29) is 18.4 Å². The van der Waals surface area contributed by atoms with Gasteiger partial charge in [-0.05, 0) is 30.3 Å². The Bertz CT molecular complexity index is 735. The zero-order valence-electron chi connectivity index (χ0n) is 12.2. The maximum atomic E-state index is 11.9. The minimum Gasteiger partial charge on any atom is -0.484 e. The summed E-state index contributed by atoms with van der Waals surface area (Å²) in [7, 11) is 0. The molecule has 2 rings (SSSR count). The van der Waals surface area contributed by atoms with Crippen LogP contribution < -0.4 is 15.4 Å². The van der Waals surface area contributed by atoms with Crippen LogP contribution in [0.4, 0.5) is 11.4 Å². The molecule has 2 N–H and O–H groups in total. The molecule has 120 valence electrons. The molecule has 7 heteroatoms. The molecule has 2 aromatic rings. The van der Waals surface area contributed by atoms with Gasteiger partial charge in [0.05, 0.1) is 10.0 Å². The standard InChI is InChI=1S/C16H14Cl2N2O3/c1-10(21)19-11-3-2-4-13(7-11)23-9-16(22)20-12-5-6-14(17)15(18)8-12/h2-8H,9H2,1H3,(H,19,21)(H,20,22). The van der Waals surface area contributed by atoms with Gasteiger partial charge in [0.2, 0.25) is 5.91 Å². The summed E-state index contributed by atoms with van der Waals surface area (Å²) >= 11 is 11.7. The molecule has 0 unspecified atom stereocenters. The van der Waals surface area contributed by atoms with Crippen LogP contribution >= 0.6 is 23.2 Å². The van der Waals surface area contributed by atoms with Gasteiger partial charge in [-0.15, -0.1) is 0 Å². The van der Waals surface area contributed by atoms with Crippen LogP contribution in [-0.4, -0.2) is 18.4 Å². The maximum Gasteiger partial charge on any atom is 0.262 e. The van der Waals surface area contributed by atoms with Gasteiger partial charge in [-0.3, -0.25) is 9.59 Å². The second-order valence-electron chi connectivity index (χ2n) is 4.67. The van der Waals surface area contributed by atoms with E-state index in [0.29, 0.717) is 27.2 Å². The van der Waals surface area contributed by atoms with Crippen molar-refractivity contribution in [2.75, 3.05) is 17.2 Å². The molecule has 0 spiro atoms. The molecule has 0 aliphatic heterocycles. The van der Waals surface area contributed by atoms with Crippen LogP contribution in [0.1, 0.15) is 6.92 Å². The van der Waals surface area contributed by atoms with Crippen LogP contribution in [0.3, 0.4) is 0 Å². The number of amides is 2. The average molecular weight is 353 g/mol. The molecule has 0 saturated heterocycles. The Kier molecular flexibility index (Phi) is 5.84. The summed E-state index contributed by atoms with van der Waals surface area (Å²) < 4.78 is 5.39. The number of ether oxygens (including phenoxy) is 1. The Hall–Kier alpha value is -2.24. The minimum atomic E-state index is -0.340. The molecule has 2 amide bonds. The topological polar surface area (TPSA) is 67.4 Å². The summed E-state index contributed by atoms with van der Waals surface area (Å²) in [5, 5.41) is 6.06. The van der Waals surface area contributed by atoms with Gasteiger partial charge in [0.25, 0.3) is 5.91 Å². The molecule has 0 aromatic heterocycles. The fourth-order valence-electron chi connectivity index (χ4n) is 1.79. The van der Waals surface area contributed by atoms with E-state index in [0.717, 1.165) is 0 Å². The SMILES string of the molecule is CC(=O)Nc1cccc(OCC(=O)Nc2ccc(Cl)c(Cl)c2)c1. The molecule has 0 aliphatic rings. The highest BCUT2D eigenvalue weighted by Gasteiger charge is 2.06. The molecule has 0 aliphatic carbocycles. The van der Waals surface area contributed by atoms with Gasteiger partial charge in [-0.1, -0.05) is 29.3 Å². The zero-order chi connectivity index (χ0) is 16.8. The largest absolute Gasteiger partial charge is 0.484 e. The monoisotopic (exact) mass is 352 g/mol. The van der Waals surface area contributed by atoms with Crippen LogP contribution in [0.15, 0.2) is 42.5 Å². The second kappa shape index (κ2) is 7.85. The molecule has 0 fully saturated rings. The van der Waals surface area contributed by atoms with Crippen molar-refractivity contribution >= 4 is 46.4 Å². The van der Waals surface area contributed by atoms with Crippen molar-refractivity contribution in [1.29, 1.82) is 0 Å². The highest BCUT2D eigenvalue weighted by atomic mass is 35.5. The van der Waals surface area contributed by atoms with Crippen LogP contribution in [0.25, 0.3) is 0 Å². The lowest BCUT2D eigenvalue weighted by Gasteiger charge is -2.09. The fraction of sp³-hybridized carbons (Fsp3) is 0.125. The van der Waals surface area contributed by atoms with E-state index in [1.807, 2.05) is 0 Å². The lowest BCUT2D eigenvalue weighted by Crippen LogP contribution is -2.20. The third kappa shape index (κ3) is 5.47. The number of anilines is 2. The summed E-state index contributed by atoms with van der Waals surface area (Å²) in [6.45, 7) is 1.24. The summed E-state index contributed by atoms with van der Waals surface area (Å²) in [5.41, 5.74) is 1.12. The predicted molar refractivity (Wildman–Crippen MR) is 91.3 cm³/mol. The van der Waals surface area contributed by atoms with Crippen LogP contribution in [-0.2, 0) is 9.59 Å². The molecule has 5 nitrogen and oxygen atoms in total. The Morgan fingerprint density at radius 2 is 1.74 bits per heavy atom. The number of halogens is 2. The Balaban J connectivity index is 1.91. The molecule has 0 atom stereocenters. The summed E-state index contributed by atoms with van der Waals surface area (Å²) in [4.78, 5) is 22.9. The second-order valence-corrected chi connectivity index (χ2v) is 5.49. The number of nitrogens with one attached hydrogen (secondary N) is 2. The van der Waals surface area contributed by atoms with Crippen molar-refractivity contribution in [2.45, 2.75) is 6.92 Å². The van der Waals surface area contributed by atoms with Crippen LogP contribution in [0, 0.1) is 0 Å². The van der Waals surface area contributed by atoms with E-state index in [1.165, 1.54) is 6.92 Å². The number of rotatable bonds is 5. The molecular formula is C16H14Cl2N2O3. The first kappa shape index (κ1) is 17.1. The van der Waals surface area contributed by atoms with Crippen molar-refractivity contribution in [3.8, 4) is 5.75 Å². The third-order valence-electron chi connectivity index (χ3n) is 2.73. The van der Waals surface area contributed by atoms with Crippen LogP contribution in [0.2, 0.25) is 10.0 Å². The van der Waals surface area contributed by atoms with E-state index in [9.17, 15) is 9.59 Å². The van der Waals surface area contributed by atoms with Gasteiger partial charge in [0.15, 0.2) is 6.61 Å². The highest BCUT2D eigenvalue weighted by Crippen LogP contribution is 2.25. The van der Waals surface area contributed by atoms with Gasteiger partial charge in [-0.2, -0.15) is 0 Å². The smallest absolute Gasteiger partial charge is 0.262 e. The summed E-state index contributed by atoms with van der Waals surface area (Å²) in [5.74, 6) is -0.0478.